The predicted octanol–water partition coefficient (Wildman–Crippen LogP) is 2.39. The topological polar surface area (TPSA) is 61.2 Å². The fourth-order valence-corrected chi connectivity index (χ4v) is 2.51. The molecule has 0 bridgehead atoms. The minimum atomic E-state index is 0.658. The molecule has 5 nitrogen and oxygen atoms in total. The van der Waals surface area contributed by atoms with Crippen molar-refractivity contribution < 1.29 is 0 Å². The molecule has 1 heterocycles. The molecule has 0 saturated carbocycles. The first kappa shape index (κ1) is 17.2. The highest BCUT2D eigenvalue weighted by Crippen LogP contribution is 2.24. The summed E-state index contributed by atoms with van der Waals surface area (Å²) >= 11 is 0. The van der Waals surface area contributed by atoms with Gasteiger partial charge in [0.2, 0.25) is 0 Å². The largest absolute Gasteiger partial charge is 0.375 e. The number of nitrogens with one attached hydrogen (secondary N) is 1. The van der Waals surface area contributed by atoms with Gasteiger partial charge < -0.3 is 15.5 Å². The molecule has 0 saturated heterocycles. The maximum Gasteiger partial charge on any atom is 0.0965 e. The summed E-state index contributed by atoms with van der Waals surface area (Å²) in [6.07, 6.45) is 1.96. The molecule has 124 valence electrons. The number of aromatic amines is 1. The molecule has 5 heteroatoms. The van der Waals surface area contributed by atoms with Gasteiger partial charge >= 0.3 is 0 Å². The number of aromatic nitrogens is 2. The van der Waals surface area contributed by atoms with Gasteiger partial charge in [0.25, 0.3) is 0 Å². The van der Waals surface area contributed by atoms with Crippen molar-refractivity contribution in [2.45, 2.75) is 13.5 Å². The van der Waals surface area contributed by atoms with Crippen LogP contribution in [-0.4, -0.2) is 53.7 Å². The van der Waals surface area contributed by atoms with Crippen molar-refractivity contribution in [1.29, 1.82) is 0 Å². The summed E-state index contributed by atoms with van der Waals surface area (Å²) < 4.78 is 0. The fraction of sp³-hybridized carbons (Fsp3) is 0.389. The van der Waals surface area contributed by atoms with Crippen molar-refractivity contribution in [3.05, 3.63) is 48.2 Å². The first-order chi connectivity index (χ1) is 11.1. The van der Waals surface area contributed by atoms with Gasteiger partial charge in [0.05, 0.1) is 5.69 Å². The molecule has 0 fully saturated rings. The summed E-state index contributed by atoms with van der Waals surface area (Å²) in [5, 5.41) is 7.39. The van der Waals surface area contributed by atoms with Gasteiger partial charge in [0, 0.05) is 56.2 Å². The molecule has 0 aliphatic carbocycles. The highest BCUT2D eigenvalue weighted by atomic mass is 15.1. The Balaban J connectivity index is 2.17. The molecule has 0 atom stereocenters. The van der Waals surface area contributed by atoms with Crippen LogP contribution in [-0.2, 0) is 6.54 Å². The highest BCUT2D eigenvalue weighted by molar-refractivity contribution is 5.68. The van der Waals surface area contributed by atoms with Crippen LogP contribution < -0.4 is 5.73 Å². The Morgan fingerprint density at radius 1 is 1.26 bits per heavy atom. The summed E-state index contributed by atoms with van der Waals surface area (Å²) in [6.45, 7) is 9.57. The van der Waals surface area contributed by atoms with Crippen molar-refractivity contribution >= 4 is 5.70 Å². The Morgan fingerprint density at radius 2 is 1.96 bits per heavy atom. The Morgan fingerprint density at radius 3 is 2.57 bits per heavy atom. The van der Waals surface area contributed by atoms with Gasteiger partial charge in [-0.3, -0.25) is 5.10 Å². The average molecular weight is 313 g/mol. The van der Waals surface area contributed by atoms with Crippen LogP contribution in [0.25, 0.3) is 17.0 Å². The standard InChI is InChI=1S/C18H27N5/c1-5-23(4)14(2)15-6-8-16(9-7-15)18-17(12-20-21-18)13-22(3)11-10-19/h6-9,12H,2,5,10-11,13,19H2,1,3-4H3,(H,20,21). The summed E-state index contributed by atoms with van der Waals surface area (Å²) in [6, 6.07) is 8.41. The number of nitrogens with two attached hydrogens (primary N) is 1. The number of H-pyrrole nitrogens is 1. The third kappa shape index (κ3) is 4.21. The Bertz CT molecular complexity index is 629. The molecule has 0 spiro atoms. The molecule has 1 aromatic heterocycles. The van der Waals surface area contributed by atoms with E-state index in [2.05, 4.69) is 71.9 Å². The zero-order valence-electron chi connectivity index (χ0n) is 14.3. The molecule has 3 N–H and O–H groups in total. The van der Waals surface area contributed by atoms with Crippen molar-refractivity contribution in [1.82, 2.24) is 20.0 Å². The van der Waals surface area contributed by atoms with Crippen LogP contribution in [0.3, 0.4) is 0 Å². The van der Waals surface area contributed by atoms with E-state index in [1.54, 1.807) is 0 Å². The number of hydrogen-bond acceptors (Lipinski definition) is 4. The zero-order chi connectivity index (χ0) is 16.8. The minimum Gasteiger partial charge on any atom is -0.375 e. The molecule has 2 aromatic rings. The van der Waals surface area contributed by atoms with Gasteiger partial charge in [-0.2, -0.15) is 5.10 Å². The van der Waals surface area contributed by atoms with Crippen LogP contribution in [0.1, 0.15) is 18.1 Å². The van der Waals surface area contributed by atoms with Crippen LogP contribution in [0, 0.1) is 0 Å². The summed E-state index contributed by atoms with van der Waals surface area (Å²) in [5.74, 6) is 0. The second kappa shape index (κ2) is 7.94. The number of rotatable bonds is 8. The highest BCUT2D eigenvalue weighted by Gasteiger charge is 2.11. The normalized spacial score (nSPS) is 11.0. The molecule has 0 aliphatic heterocycles. The second-order valence-corrected chi connectivity index (χ2v) is 5.82. The van der Waals surface area contributed by atoms with Crippen molar-refractivity contribution in [3.8, 4) is 11.3 Å². The van der Waals surface area contributed by atoms with Gasteiger partial charge in [-0.15, -0.1) is 0 Å². The molecule has 0 unspecified atom stereocenters. The van der Waals surface area contributed by atoms with Crippen LogP contribution in [0.4, 0.5) is 0 Å². The van der Waals surface area contributed by atoms with Crippen LogP contribution in [0.15, 0.2) is 37.0 Å². The van der Waals surface area contributed by atoms with Gasteiger partial charge in [0.15, 0.2) is 0 Å². The van der Waals surface area contributed by atoms with Crippen molar-refractivity contribution in [2.24, 2.45) is 5.73 Å². The number of benzene rings is 1. The van der Waals surface area contributed by atoms with E-state index >= 15 is 0 Å². The lowest BCUT2D eigenvalue weighted by Crippen LogP contribution is -2.25. The molecule has 0 aliphatic rings. The van der Waals surface area contributed by atoms with Crippen molar-refractivity contribution in [2.75, 3.05) is 33.7 Å². The van der Waals surface area contributed by atoms with E-state index in [9.17, 15) is 0 Å². The maximum absolute atomic E-state index is 5.61. The fourth-order valence-electron chi connectivity index (χ4n) is 2.51. The Labute approximate surface area is 138 Å². The first-order valence-corrected chi connectivity index (χ1v) is 7.99. The van der Waals surface area contributed by atoms with Gasteiger partial charge in [-0.1, -0.05) is 30.8 Å². The minimum absolute atomic E-state index is 0.658. The van der Waals surface area contributed by atoms with E-state index in [1.807, 2.05) is 6.20 Å². The zero-order valence-corrected chi connectivity index (χ0v) is 14.3. The smallest absolute Gasteiger partial charge is 0.0965 e. The molecule has 23 heavy (non-hydrogen) atoms. The molecule has 0 amide bonds. The van der Waals surface area contributed by atoms with E-state index in [1.165, 1.54) is 5.56 Å². The maximum atomic E-state index is 5.61. The first-order valence-electron chi connectivity index (χ1n) is 7.99. The third-order valence-corrected chi connectivity index (χ3v) is 4.10. The van der Waals surface area contributed by atoms with Gasteiger partial charge in [0.1, 0.15) is 0 Å². The summed E-state index contributed by atoms with van der Waals surface area (Å²) in [4.78, 5) is 4.33. The molecule has 2 rings (SSSR count). The van der Waals surface area contributed by atoms with E-state index in [-0.39, 0.29) is 0 Å². The lowest BCUT2D eigenvalue weighted by Gasteiger charge is -2.20. The average Bonchev–Trinajstić information content (AvgIpc) is 3.01. The monoisotopic (exact) mass is 313 g/mol. The lowest BCUT2D eigenvalue weighted by molar-refractivity contribution is 0.337. The van der Waals surface area contributed by atoms with Gasteiger partial charge in [-0.05, 0) is 19.5 Å². The van der Waals surface area contributed by atoms with Gasteiger partial charge in [-0.25, -0.2) is 0 Å². The van der Waals surface area contributed by atoms with E-state index in [0.29, 0.717) is 6.54 Å². The van der Waals surface area contributed by atoms with Crippen molar-refractivity contribution in [3.63, 3.8) is 0 Å². The van der Waals surface area contributed by atoms with Crippen LogP contribution in [0.5, 0.6) is 0 Å². The van der Waals surface area contributed by atoms with Crippen LogP contribution in [0.2, 0.25) is 0 Å². The summed E-state index contributed by atoms with van der Waals surface area (Å²) in [7, 11) is 4.12. The predicted molar refractivity (Wildman–Crippen MR) is 96.8 cm³/mol. The molecule has 0 radical (unpaired) electrons. The number of hydrogen-bond donors (Lipinski definition) is 2. The number of nitrogens with zero attached hydrogens (tertiary/aromatic N) is 3. The van der Waals surface area contributed by atoms with E-state index < -0.39 is 0 Å². The quantitative estimate of drug-likeness (QED) is 0.785. The Kier molecular flexibility index (Phi) is 5.96. The third-order valence-electron chi connectivity index (χ3n) is 4.10. The SMILES string of the molecule is C=C(c1ccc(-c2n[nH]cc2CN(C)CCN)cc1)N(C)CC. The number of likely N-dealkylation sites (N-methyl/N-ethyl adjacent to an activating group) is 1. The van der Waals surface area contributed by atoms with Crippen LogP contribution >= 0.6 is 0 Å². The Hall–Kier alpha value is -2.11. The summed E-state index contributed by atoms with van der Waals surface area (Å²) in [5.41, 5.74) is 11.1. The molecular weight excluding hydrogens is 286 g/mol. The lowest BCUT2D eigenvalue weighted by atomic mass is 10.0. The molecule has 1 aromatic carbocycles. The van der Waals surface area contributed by atoms with E-state index in [0.717, 1.165) is 42.2 Å². The second-order valence-electron chi connectivity index (χ2n) is 5.82. The molecular formula is C18H27N5. The van der Waals surface area contributed by atoms with E-state index in [4.69, 9.17) is 5.73 Å².